The van der Waals surface area contributed by atoms with Crippen LogP contribution in [0, 0.1) is 22.9 Å². The Balaban J connectivity index is 0.967. The van der Waals surface area contributed by atoms with E-state index in [-0.39, 0.29) is 5.41 Å². The first kappa shape index (κ1) is 45.1. The van der Waals surface area contributed by atoms with Gasteiger partial charge in [-0.3, -0.25) is 0 Å². The summed E-state index contributed by atoms with van der Waals surface area (Å²) in [6.07, 6.45) is 2.00. The van der Waals surface area contributed by atoms with Crippen LogP contribution in [0.25, 0.3) is 78.0 Å². The Morgan fingerprint density at radius 1 is 0.500 bits per heavy atom. The quantitative estimate of drug-likeness (QED) is 0.135. The van der Waals surface area contributed by atoms with Crippen LogP contribution in [0.3, 0.4) is 0 Å². The van der Waals surface area contributed by atoms with Crippen LogP contribution in [0.5, 0.6) is 11.5 Å². The Bertz CT molecular complexity index is 3810. The van der Waals surface area contributed by atoms with Gasteiger partial charge >= 0.3 is 321 Å². The smallest absolute Gasteiger partial charge is 0.0622 e. The second-order valence-corrected chi connectivity index (χ2v) is 20.5. The third-order valence-corrected chi connectivity index (χ3v) is 14.8. The molecule has 0 saturated carbocycles. The number of pyridine rings is 1. The summed E-state index contributed by atoms with van der Waals surface area (Å²) >= 11 is 2.50. The van der Waals surface area contributed by atoms with Gasteiger partial charge in [0.1, 0.15) is 0 Å². The second-order valence-electron chi connectivity index (χ2n) is 19.4. The molecule has 9 aromatic carbocycles. The minimum atomic E-state index is -0.0815. The summed E-state index contributed by atoms with van der Waals surface area (Å²) in [6.45, 7) is 9.66. The number of para-hydroxylation sites is 2. The Hall–Kier alpha value is -8.11. The van der Waals surface area contributed by atoms with Gasteiger partial charge in [-0.25, -0.2) is 0 Å². The van der Waals surface area contributed by atoms with E-state index < -0.39 is 0 Å². The van der Waals surface area contributed by atoms with E-state index in [4.69, 9.17) is 9.72 Å². The Morgan fingerprint density at radius 2 is 1.06 bits per heavy atom. The number of rotatable bonds is 9. The van der Waals surface area contributed by atoms with Crippen LogP contribution in [0.15, 0.2) is 219 Å². The van der Waals surface area contributed by atoms with Crippen LogP contribution in [0.4, 0.5) is 11.5 Å². The average Bonchev–Trinajstić information content (AvgIpc) is 3.71. The Labute approximate surface area is 432 Å². The van der Waals surface area contributed by atoms with E-state index in [0.29, 0.717) is 18.0 Å². The number of anilines is 2. The molecule has 3 heterocycles. The fourth-order valence-corrected chi connectivity index (χ4v) is 11.2. The van der Waals surface area contributed by atoms with Crippen molar-refractivity contribution in [3.8, 4) is 78.5 Å². The summed E-state index contributed by atoms with van der Waals surface area (Å²) in [5.74, 6) is 2.04. The summed E-state index contributed by atoms with van der Waals surface area (Å²) in [5, 5.41) is 0. The predicted molar refractivity (Wildman–Crippen MR) is 291 cm³/mol. The number of aryl methyl sites for hydroxylation is 1. The van der Waals surface area contributed by atoms with E-state index in [1.165, 1.54) is 38.9 Å². The summed E-state index contributed by atoms with van der Waals surface area (Å²) in [5.41, 5.74) is 20.2. The molecular formula is C66H50N4OPt-2. The molecule has 0 unspecified atom stereocenters. The number of fused-ring (bicyclic) bond motifs is 4. The number of ether oxygens (including phenoxy) is 1. The van der Waals surface area contributed by atoms with Crippen molar-refractivity contribution in [1.82, 2.24) is 14.1 Å². The first-order valence-corrected chi connectivity index (χ1v) is 25.5. The van der Waals surface area contributed by atoms with Gasteiger partial charge in [-0.2, -0.15) is 0 Å². The molecule has 0 fully saturated rings. The van der Waals surface area contributed by atoms with Crippen LogP contribution in [-0.2, 0) is 31.3 Å². The van der Waals surface area contributed by atoms with E-state index >= 15 is 0 Å². The maximum absolute atomic E-state index is 6.82. The van der Waals surface area contributed by atoms with Gasteiger partial charge in [0, 0.05) is 11.8 Å². The van der Waals surface area contributed by atoms with E-state index in [0.717, 1.165) is 71.1 Å². The summed E-state index contributed by atoms with van der Waals surface area (Å²) in [7, 11) is 0. The molecule has 0 N–H and O–H groups in total. The molecule has 0 bridgehead atoms. The van der Waals surface area contributed by atoms with Crippen LogP contribution >= 0.6 is 0 Å². The first-order chi connectivity index (χ1) is 35.2. The Morgan fingerprint density at radius 3 is 1.67 bits per heavy atom. The molecule has 0 atom stereocenters. The second kappa shape index (κ2) is 18.6. The molecule has 5 nitrogen and oxygen atoms in total. The minimum absolute atomic E-state index is 0.0815. The summed E-state index contributed by atoms with van der Waals surface area (Å²) in [6, 6.07) is 82.8. The van der Waals surface area contributed by atoms with Crippen molar-refractivity contribution in [2.45, 2.75) is 39.7 Å². The molecular weight excluding hydrogens is 1060 g/mol. The molecule has 0 spiro atoms. The number of imidazole rings is 1. The van der Waals surface area contributed by atoms with E-state index in [1.807, 2.05) is 30.5 Å². The first-order valence-electron chi connectivity index (χ1n) is 24.4. The third-order valence-electron chi connectivity index (χ3n) is 13.7. The zero-order valence-corrected chi connectivity index (χ0v) is 42.8. The standard InChI is InChI=1S/C66H50N4O.Pt/c1-45-36-64(67-42-60(45)49-26-15-8-16-27-49)68-43-51-37-50(46-20-9-5-10-21-46)32-34-56(51)57-35-33-55(41-63(57)68)71-54-29-19-28-53(40-54)69-44-70(62-31-18-17-30-61(62)69)65-58(47-22-11-6-12-23-47)38-52(66(2,3)4)39-59(65)48-24-13-7-14-25-48;/h5-39,42H,43H2,1-4H3;/q-2;. The zero-order valence-electron chi connectivity index (χ0n) is 40.5. The van der Waals surface area contributed by atoms with Crippen molar-refractivity contribution >= 4 is 22.5 Å². The number of nitrogens with zero attached hydrogens (tertiary/aromatic N) is 4. The van der Waals surface area contributed by atoms with Gasteiger partial charge in [0.05, 0.1) is 0 Å². The molecule has 2 aromatic heterocycles. The van der Waals surface area contributed by atoms with Crippen molar-refractivity contribution < 1.29 is 24.1 Å². The minimum Gasteiger partial charge on any atom is -0.0622 e. The number of benzene rings is 9. The van der Waals surface area contributed by atoms with Gasteiger partial charge in [0.25, 0.3) is 0 Å². The van der Waals surface area contributed by atoms with Gasteiger partial charge in [-0.05, 0) is 35.2 Å². The van der Waals surface area contributed by atoms with E-state index in [2.05, 4.69) is 261 Å². The van der Waals surface area contributed by atoms with E-state index in [9.17, 15) is 0 Å². The SMILES string of the molecule is Cc1cc(N2Cc3cc(-c4ccccc4)ccc3-c3ccc(Oc4[c-]c(-n5[c](=[Pt])n(-c6c(-c7ccccc7)cc(C(C)(C)C)cc6-c6ccccc6)c6ccccc65)ccc4)[c-]c32)ncc1-c1ccccc1. The molecule has 0 saturated heterocycles. The van der Waals surface area contributed by atoms with Crippen molar-refractivity contribution in [1.29, 1.82) is 0 Å². The van der Waals surface area contributed by atoms with Crippen LogP contribution < -0.4 is 9.64 Å². The zero-order chi connectivity index (χ0) is 48.9. The van der Waals surface area contributed by atoms with Crippen LogP contribution in [-0.4, -0.2) is 14.1 Å². The van der Waals surface area contributed by atoms with Crippen molar-refractivity contribution in [3.05, 3.63) is 251 Å². The van der Waals surface area contributed by atoms with Gasteiger partial charge in [-0.1, -0.05) is 66.7 Å². The molecule has 352 valence electrons. The molecule has 1 aliphatic heterocycles. The van der Waals surface area contributed by atoms with Crippen molar-refractivity contribution in [3.63, 3.8) is 0 Å². The molecule has 1 aliphatic rings. The summed E-state index contributed by atoms with van der Waals surface area (Å²) < 4.78 is 12.5. The van der Waals surface area contributed by atoms with Gasteiger partial charge in [0.2, 0.25) is 0 Å². The Kier molecular flexibility index (Phi) is 11.6. The maximum atomic E-state index is 6.82. The molecule has 0 radical (unpaired) electrons. The monoisotopic (exact) mass is 1110 g/mol. The molecule has 72 heavy (non-hydrogen) atoms. The molecule has 11 aromatic rings. The average molecular weight is 1110 g/mol. The number of aromatic nitrogens is 3. The fourth-order valence-electron chi connectivity index (χ4n) is 10.1. The van der Waals surface area contributed by atoms with Gasteiger partial charge in [0.15, 0.2) is 0 Å². The van der Waals surface area contributed by atoms with Gasteiger partial charge < -0.3 is 0 Å². The summed E-state index contributed by atoms with van der Waals surface area (Å²) in [4.78, 5) is 7.39. The van der Waals surface area contributed by atoms with Crippen molar-refractivity contribution in [2.75, 3.05) is 4.90 Å². The fraction of sp³-hybridized carbons (Fsp3) is 0.0909. The number of hydrogen-bond acceptors (Lipinski definition) is 3. The van der Waals surface area contributed by atoms with Gasteiger partial charge in [-0.15, -0.1) is 0 Å². The van der Waals surface area contributed by atoms with E-state index in [1.54, 1.807) is 0 Å². The van der Waals surface area contributed by atoms with Crippen molar-refractivity contribution in [2.24, 2.45) is 0 Å². The topological polar surface area (TPSA) is 35.2 Å². The van der Waals surface area contributed by atoms with Crippen LogP contribution in [0.2, 0.25) is 0 Å². The number of hydrogen-bond donors (Lipinski definition) is 0. The molecule has 0 aliphatic carbocycles. The molecule has 12 rings (SSSR count). The molecule has 6 heteroatoms. The third kappa shape index (κ3) is 8.34. The van der Waals surface area contributed by atoms with Crippen LogP contribution in [0.1, 0.15) is 37.5 Å². The molecule has 0 amide bonds. The normalized spacial score (nSPS) is 12.2. The predicted octanol–water partition coefficient (Wildman–Crippen LogP) is 16.9.